The minimum atomic E-state index is -0.991. The monoisotopic (exact) mass is 402 g/mol. The summed E-state index contributed by atoms with van der Waals surface area (Å²) in [7, 11) is 0. The van der Waals surface area contributed by atoms with E-state index < -0.39 is 17.5 Å². The van der Waals surface area contributed by atoms with Crippen LogP contribution in [0.15, 0.2) is 42.6 Å². The maximum absolute atomic E-state index is 13.6. The van der Waals surface area contributed by atoms with Gasteiger partial charge in [0.25, 0.3) is 5.91 Å². The van der Waals surface area contributed by atoms with Gasteiger partial charge >= 0.3 is 0 Å². The Hall–Kier alpha value is -3.36. The van der Waals surface area contributed by atoms with Crippen LogP contribution in [0.2, 0.25) is 0 Å². The minimum absolute atomic E-state index is 0.0594. The molecule has 1 aliphatic heterocycles. The number of aromatic nitrogens is 1. The van der Waals surface area contributed by atoms with Crippen LogP contribution in [0.3, 0.4) is 0 Å². The van der Waals surface area contributed by atoms with Crippen molar-refractivity contribution in [2.45, 2.75) is 6.42 Å². The summed E-state index contributed by atoms with van der Waals surface area (Å²) in [6.07, 6.45) is 1.83. The number of pyridine rings is 1. The number of hydrogen-bond donors (Lipinski definition) is 1. The van der Waals surface area contributed by atoms with Crippen molar-refractivity contribution in [1.29, 1.82) is 0 Å². The summed E-state index contributed by atoms with van der Waals surface area (Å²) in [5, 5.41) is 2.34. The molecule has 1 aliphatic rings. The van der Waals surface area contributed by atoms with Crippen molar-refractivity contribution < 1.29 is 23.2 Å². The van der Waals surface area contributed by atoms with Crippen LogP contribution in [0, 0.1) is 11.6 Å². The number of benzene rings is 1. The summed E-state index contributed by atoms with van der Waals surface area (Å²) in [5.74, 6) is -2.96. The van der Waals surface area contributed by atoms with Crippen molar-refractivity contribution in [3.05, 3.63) is 65.5 Å². The standard InChI is InChI=1S/C20H20F2N4O3/c21-14-4-5-16(17(22)11-14)20(29)24-13-19(28)26-9-7-25(8-10-26)18(27)12-15-3-1-2-6-23-15/h1-6,11H,7-10,12-13H2,(H,24,29). The number of nitrogens with zero attached hydrogens (tertiary/aromatic N) is 3. The first-order valence-corrected chi connectivity index (χ1v) is 9.13. The normalized spacial score (nSPS) is 13.9. The fraction of sp³-hybridized carbons (Fsp3) is 0.300. The molecule has 1 saturated heterocycles. The molecule has 1 aromatic carbocycles. The van der Waals surface area contributed by atoms with Crippen LogP contribution < -0.4 is 5.32 Å². The minimum Gasteiger partial charge on any atom is -0.343 e. The molecule has 3 amide bonds. The van der Waals surface area contributed by atoms with Gasteiger partial charge in [-0.3, -0.25) is 19.4 Å². The Morgan fingerprint density at radius 1 is 0.966 bits per heavy atom. The first-order valence-electron chi connectivity index (χ1n) is 9.13. The van der Waals surface area contributed by atoms with Crippen LogP contribution in [0.5, 0.6) is 0 Å². The first kappa shape index (κ1) is 20.4. The molecule has 152 valence electrons. The molecule has 7 nitrogen and oxygen atoms in total. The molecule has 1 N–H and O–H groups in total. The predicted octanol–water partition coefficient (Wildman–Crippen LogP) is 1.00. The van der Waals surface area contributed by atoms with E-state index in [4.69, 9.17) is 0 Å². The smallest absolute Gasteiger partial charge is 0.254 e. The number of carbonyl (C=O) groups is 3. The summed E-state index contributed by atoms with van der Waals surface area (Å²) in [5.41, 5.74) is 0.357. The summed E-state index contributed by atoms with van der Waals surface area (Å²) in [6, 6.07) is 7.99. The fourth-order valence-corrected chi connectivity index (χ4v) is 3.01. The van der Waals surface area contributed by atoms with Crippen LogP contribution in [-0.4, -0.2) is 65.2 Å². The molecule has 29 heavy (non-hydrogen) atoms. The van der Waals surface area contributed by atoms with Crippen LogP contribution in [0.4, 0.5) is 8.78 Å². The highest BCUT2D eigenvalue weighted by atomic mass is 19.1. The van der Waals surface area contributed by atoms with Gasteiger partial charge in [-0.2, -0.15) is 0 Å². The summed E-state index contributed by atoms with van der Waals surface area (Å²) >= 11 is 0. The van der Waals surface area contributed by atoms with Gasteiger partial charge in [-0.05, 0) is 24.3 Å². The van der Waals surface area contributed by atoms with Gasteiger partial charge in [0.2, 0.25) is 11.8 Å². The highest BCUT2D eigenvalue weighted by Crippen LogP contribution is 2.10. The number of rotatable bonds is 5. The molecule has 2 heterocycles. The summed E-state index contributed by atoms with van der Waals surface area (Å²) in [4.78, 5) is 43.9. The van der Waals surface area contributed by atoms with Crippen molar-refractivity contribution >= 4 is 17.7 Å². The Morgan fingerprint density at radius 2 is 1.66 bits per heavy atom. The van der Waals surface area contributed by atoms with E-state index in [1.165, 1.54) is 4.90 Å². The zero-order chi connectivity index (χ0) is 20.8. The molecule has 1 aromatic heterocycles. The van der Waals surface area contributed by atoms with E-state index in [9.17, 15) is 23.2 Å². The molecule has 2 aromatic rings. The maximum atomic E-state index is 13.6. The number of carbonyl (C=O) groups excluding carboxylic acids is 3. The summed E-state index contributed by atoms with van der Waals surface area (Å²) < 4.78 is 26.5. The van der Waals surface area contributed by atoms with Gasteiger partial charge in [-0.25, -0.2) is 8.78 Å². The lowest BCUT2D eigenvalue weighted by atomic mass is 10.2. The lowest BCUT2D eigenvalue weighted by molar-refractivity contribution is -0.138. The molecule has 3 rings (SSSR count). The highest BCUT2D eigenvalue weighted by Gasteiger charge is 2.24. The average molecular weight is 402 g/mol. The SMILES string of the molecule is O=C(NCC(=O)N1CCN(C(=O)Cc2ccccn2)CC1)c1ccc(F)cc1F. The lowest BCUT2D eigenvalue weighted by Gasteiger charge is -2.34. The second kappa shape index (κ2) is 9.22. The predicted molar refractivity (Wildman–Crippen MR) is 99.8 cm³/mol. The van der Waals surface area contributed by atoms with Crippen molar-refractivity contribution in [3.63, 3.8) is 0 Å². The third-order valence-corrected chi connectivity index (χ3v) is 4.62. The van der Waals surface area contributed by atoms with Gasteiger partial charge in [0.1, 0.15) is 11.6 Å². The van der Waals surface area contributed by atoms with Crippen molar-refractivity contribution in [3.8, 4) is 0 Å². The molecule has 0 spiro atoms. The van der Waals surface area contributed by atoms with E-state index in [1.54, 1.807) is 23.2 Å². The number of amides is 3. The number of hydrogen-bond acceptors (Lipinski definition) is 4. The maximum Gasteiger partial charge on any atom is 0.254 e. The highest BCUT2D eigenvalue weighted by molar-refractivity contribution is 5.96. The van der Waals surface area contributed by atoms with Gasteiger partial charge in [-0.15, -0.1) is 0 Å². The molecular formula is C20H20F2N4O3. The van der Waals surface area contributed by atoms with Gasteiger partial charge in [-0.1, -0.05) is 6.07 Å². The van der Waals surface area contributed by atoms with Gasteiger partial charge < -0.3 is 15.1 Å². The van der Waals surface area contributed by atoms with E-state index in [2.05, 4.69) is 10.3 Å². The molecule has 0 unspecified atom stereocenters. The summed E-state index contributed by atoms with van der Waals surface area (Å²) in [6.45, 7) is 1.15. The molecule has 0 aliphatic carbocycles. The second-order valence-corrected chi connectivity index (χ2v) is 6.57. The fourth-order valence-electron chi connectivity index (χ4n) is 3.01. The van der Waals surface area contributed by atoms with E-state index in [1.807, 2.05) is 6.07 Å². The third kappa shape index (κ3) is 5.34. The van der Waals surface area contributed by atoms with Crippen LogP contribution >= 0.6 is 0 Å². The largest absolute Gasteiger partial charge is 0.343 e. The van der Waals surface area contributed by atoms with E-state index in [0.717, 1.165) is 12.1 Å². The van der Waals surface area contributed by atoms with Crippen molar-refractivity contribution in [2.75, 3.05) is 32.7 Å². The average Bonchev–Trinajstić information content (AvgIpc) is 2.72. The molecule has 0 atom stereocenters. The van der Waals surface area contributed by atoms with E-state index in [0.29, 0.717) is 37.9 Å². The quantitative estimate of drug-likeness (QED) is 0.809. The van der Waals surface area contributed by atoms with Gasteiger partial charge in [0, 0.05) is 44.1 Å². The molecule has 0 radical (unpaired) electrons. The number of halogens is 2. The van der Waals surface area contributed by atoms with E-state index in [-0.39, 0.29) is 30.3 Å². The molecule has 0 bridgehead atoms. The molecular weight excluding hydrogens is 382 g/mol. The van der Waals surface area contributed by atoms with Crippen molar-refractivity contribution in [1.82, 2.24) is 20.1 Å². The van der Waals surface area contributed by atoms with Crippen LogP contribution in [-0.2, 0) is 16.0 Å². The Labute approximate surface area is 166 Å². The van der Waals surface area contributed by atoms with Crippen LogP contribution in [0.25, 0.3) is 0 Å². The topological polar surface area (TPSA) is 82.6 Å². The third-order valence-electron chi connectivity index (χ3n) is 4.62. The van der Waals surface area contributed by atoms with Gasteiger partial charge in [0.05, 0.1) is 18.5 Å². The second-order valence-electron chi connectivity index (χ2n) is 6.57. The Bertz CT molecular complexity index is 900. The van der Waals surface area contributed by atoms with E-state index >= 15 is 0 Å². The molecule has 1 fully saturated rings. The van der Waals surface area contributed by atoms with Gasteiger partial charge in [0.15, 0.2) is 0 Å². The molecule has 0 saturated carbocycles. The Kier molecular flexibility index (Phi) is 6.48. The Morgan fingerprint density at radius 3 is 2.28 bits per heavy atom. The zero-order valence-electron chi connectivity index (χ0n) is 15.6. The molecule has 9 heteroatoms. The van der Waals surface area contributed by atoms with Crippen LogP contribution in [0.1, 0.15) is 16.1 Å². The van der Waals surface area contributed by atoms with Crippen molar-refractivity contribution in [2.24, 2.45) is 0 Å². The number of nitrogens with one attached hydrogen (secondary N) is 1. The Balaban J connectivity index is 1.45. The lowest BCUT2D eigenvalue weighted by Crippen LogP contribution is -2.53. The zero-order valence-corrected chi connectivity index (χ0v) is 15.6. The first-order chi connectivity index (χ1) is 13.9. The number of piperazine rings is 1.